The maximum atomic E-state index is 12.7. The van der Waals surface area contributed by atoms with Crippen LogP contribution in [0.25, 0.3) is 0 Å². The topological polar surface area (TPSA) is 35.5 Å². The van der Waals surface area contributed by atoms with Crippen LogP contribution < -0.4 is 9.20 Å². The SMILES string of the molecule is Cc1cc(OC(F)F)cc(C[Se]c2ccccc2)c1C(=O)OCC[Si](C)(C)C. The first kappa shape index (κ1) is 22.6. The fourth-order valence-electron chi connectivity index (χ4n) is 2.60. The van der Waals surface area contributed by atoms with Gasteiger partial charge in [-0.05, 0) is 0 Å². The van der Waals surface area contributed by atoms with E-state index in [1.54, 1.807) is 13.0 Å². The molecular formula is C21H26F2O3SeSi. The summed E-state index contributed by atoms with van der Waals surface area (Å²) in [6.07, 6.45) is 0. The van der Waals surface area contributed by atoms with Crippen molar-refractivity contribution in [1.82, 2.24) is 0 Å². The number of carbonyl (C=O) groups is 1. The van der Waals surface area contributed by atoms with Crippen LogP contribution in [0.3, 0.4) is 0 Å². The van der Waals surface area contributed by atoms with Crippen LogP contribution in [-0.2, 0) is 10.1 Å². The summed E-state index contributed by atoms with van der Waals surface area (Å²) in [5.74, 6) is -0.316. The van der Waals surface area contributed by atoms with E-state index in [9.17, 15) is 13.6 Å². The van der Waals surface area contributed by atoms with Crippen molar-refractivity contribution in [2.45, 2.75) is 44.5 Å². The van der Waals surface area contributed by atoms with Crippen molar-refractivity contribution in [2.75, 3.05) is 6.61 Å². The second kappa shape index (κ2) is 10.2. The van der Waals surface area contributed by atoms with E-state index in [0.717, 1.165) is 6.04 Å². The van der Waals surface area contributed by atoms with Crippen molar-refractivity contribution in [3.63, 3.8) is 0 Å². The standard InChI is InChI=1S/C21H26F2O3SeSi/c1-15-12-17(26-21(22)23)13-16(14-27-18-8-6-5-7-9-18)19(15)20(24)25-10-11-28(2,3)4/h5-9,12-13,21H,10-11,14H2,1-4H3. The average molecular weight is 471 g/mol. The van der Waals surface area contributed by atoms with Gasteiger partial charge in [-0.3, -0.25) is 0 Å². The van der Waals surface area contributed by atoms with Gasteiger partial charge in [0.1, 0.15) is 0 Å². The summed E-state index contributed by atoms with van der Waals surface area (Å²) in [5, 5.41) is 0.594. The predicted molar refractivity (Wildman–Crippen MR) is 112 cm³/mol. The molecule has 0 unspecified atom stereocenters. The summed E-state index contributed by atoms with van der Waals surface area (Å²) in [6, 6.07) is 13.8. The summed E-state index contributed by atoms with van der Waals surface area (Å²) < 4.78 is 36.6. The molecule has 152 valence electrons. The fourth-order valence-corrected chi connectivity index (χ4v) is 5.20. The molecule has 0 N–H and O–H groups in total. The van der Waals surface area contributed by atoms with Gasteiger partial charge in [-0.2, -0.15) is 0 Å². The third-order valence-electron chi connectivity index (χ3n) is 4.04. The van der Waals surface area contributed by atoms with Crippen molar-refractivity contribution in [1.29, 1.82) is 0 Å². The second-order valence-electron chi connectivity index (χ2n) is 7.70. The number of aryl methyl sites for hydroxylation is 1. The van der Waals surface area contributed by atoms with E-state index in [2.05, 4.69) is 24.4 Å². The normalized spacial score (nSPS) is 11.5. The van der Waals surface area contributed by atoms with E-state index in [4.69, 9.17) is 4.74 Å². The van der Waals surface area contributed by atoms with Gasteiger partial charge in [0.2, 0.25) is 0 Å². The quantitative estimate of drug-likeness (QED) is 0.396. The summed E-state index contributed by atoms with van der Waals surface area (Å²) in [5.41, 5.74) is 1.75. The summed E-state index contributed by atoms with van der Waals surface area (Å²) in [7, 11) is -1.32. The Morgan fingerprint density at radius 2 is 1.82 bits per heavy atom. The molecule has 0 spiro atoms. The Morgan fingerprint density at radius 1 is 1.14 bits per heavy atom. The third-order valence-corrected chi connectivity index (χ3v) is 7.97. The van der Waals surface area contributed by atoms with Crippen LogP contribution in [0.5, 0.6) is 5.75 Å². The monoisotopic (exact) mass is 472 g/mol. The van der Waals surface area contributed by atoms with Gasteiger partial charge in [-0.25, -0.2) is 0 Å². The Bertz CT molecular complexity index is 792. The van der Waals surface area contributed by atoms with Crippen LogP contribution >= 0.6 is 0 Å². The van der Waals surface area contributed by atoms with Crippen LogP contribution in [0.1, 0.15) is 21.5 Å². The van der Waals surface area contributed by atoms with Crippen molar-refractivity contribution in [3.05, 3.63) is 59.2 Å². The van der Waals surface area contributed by atoms with E-state index >= 15 is 0 Å². The molecule has 0 radical (unpaired) electrons. The molecule has 0 amide bonds. The molecule has 3 nitrogen and oxygen atoms in total. The van der Waals surface area contributed by atoms with Crippen molar-refractivity contribution in [2.24, 2.45) is 0 Å². The minimum absolute atomic E-state index is 0.0600. The number of benzene rings is 2. The number of alkyl halides is 2. The molecule has 0 aliphatic carbocycles. The Balaban J connectivity index is 2.24. The first-order valence-electron chi connectivity index (χ1n) is 9.09. The predicted octanol–water partition coefficient (Wildman–Crippen LogP) is 4.62. The van der Waals surface area contributed by atoms with Crippen LogP contribution in [0, 0.1) is 6.92 Å². The molecule has 2 aromatic carbocycles. The number of hydrogen-bond donors (Lipinski definition) is 0. The van der Waals surface area contributed by atoms with Crippen molar-refractivity contribution in [3.8, 4) is 5.75 Å². The Labute approximate surface area is 172 Å². The molecule has 0 heterocycles. The van der Waals surface area contributed by atoms with Gasteiger partial charge >= 0.3 is 173 Å². The van der Waals surface area contributed by atoms with E-state index < -0.39 is 20.7 Å². The molecule has 0 fully saturated rings. The zero-order chi connectivity index (χ0) is 20.7. The molecular weight excluding hydrogens is 445 g/mol. The average Bonchev–Trinajstić information content (AvgIpc) is 2.58. The van der Waals surface area contributed by atoms with Gasteiger partial charge in [-0.15, -0.1) is 0 Å². The minimum atomic E-state index is -2.90. The first-order valence-corrected chi connectivity index (χ1v) is 14.9. The van der Waals surface area contributed by atoms with Gasteiger partial charge < -0.3 is 0 Å². The van der Waals surface area contributed by atoms with E-state index in [0.29, 0.717) is 28.6 Å². The molecule has 0 atom stereocenters. The number of carbonyl (C=O) groups excluding carboxylic acids is 1. The molecule has 0 bridgehead atoms. The molecule has 0 saturated heterocycles. The fraction of sp³-hybridized carbons (Fsp3) is 0.381. The number of halogens is 2. The Hall–Kier alpha value is -1.69. The number of ether oxygens (including phenoxy) is 2. The van der Waals surface area contributed by atoms with Gasteiger partial charge in [0.15, 0.2) is 0 Å². The maximum absolute atomic E-state index is 12.7. The summed E-state index contributed by atoms with van der Waals surface area (Å²) in [4.78, 5) is 12.7. The van der Waals surface area contributed by atoms with E-state index in [1.165, 1.54) is 10.5 Å². The Morgan fingerprint density at radius 3 is 2.43 bits per heavy atom. The summed E-state index contributed by atoms with van der Waals surface area (Å²) >= 11 is 0.0600. The zero-order valence-corrected chi connectivity index (χ0v) is 19.3. The van der Waals surface area contributed by atoms with Gasteiger partial charge in [0.25, 0.3) is 0 Å². The molecule has 0 aliphatic rings. The van der Waals surface area contributed by atoms with Crippen LogP contribution in [0.2, 0.25) is 25.7 Å². The number of esters is 1. The van der Waals surface area contributed by atoms with Crippen LogP contribution in [-0.4, -0.2) is 42.2 Å². The summed E-state index contributed by atoms with van der Waals surface area (Å²) in [6.45, 7) is 5.86. The van der Waals surface area contributed by atoms with Crippen molar-refractivity contribution >= 4 is 33.5 Å². The van der Waals surface area contributed by atoms with Gasteiger partial charge in [0.05, 0.1) is 0 Å². The molecule has 0 aliphatic heterocycles. The molecule has 2 rings (SSSR count). The second-order valence-corrected chi connectivity index (χ2v) is 15.5. The van der Waals surface area contributed by atoms with E-state index in [1.807, 2.05) is 30.3 Å². The van der Waals surface area contributed by atoms with Gasteiger partial charge in [-0.1, -0.05) is 0 Å². The van der Waals surface area contributed by atoms with Crippen LogP contribution in [0.15, 0.2) is 42.5 Å². The molecule has 0 saturated carbocycles. The molecule has 0 aromatic heterocycles. The third kappa shape index (κ3) is 7.38. The van der Waals surface area contributed by atoms with Crippen LogP contribution in [0.4, 0.5) is 8.78 Å². The first-order chi connectivity index (χ1) is 13.2. The molecule has 2 aromatic rings. The number of hydrogen-bond acceptors (Lipinski definition) is 3. The zero-order valence-electron chi connectivity index (χ0n) is 16.6. The molecule has 7 heteroatoms. The Kier molecular flexibility index (Phi) is 8.22. The van der Waals surface area contributed by atoms with Crippen molar-refractivity contribution < 1.29 is 23.0 Å². The number of rotatable bonds is 9. The van der Waals surface area contributed by atoms with Gasteiger partial charge in [0, 0.05) is 0 Å². The van der Waals surface area contributed by atoms with E-state index in [-0.39, 0.29) is 20.7 Å². The molecule has 28 heavy (non-hydrogen) atoms.